The van der Waals surface area contributed by atoms with Crippen LogP contribution >= 0.6 is 11.8 Å². The highest BCUT2D eigenvalue weighted by Gasteiger charge is 2.42. The third kappa shape index (κ3) is 2.40. The minimum Gasteiger partial charge on any atom is -0.481 e. The van der Waals surface area contributed by atoms with E-state index in [0.717, 1.165) is 37.9 Å². The van der Waals surface area contributed by atoms with Gasteiger partial charge in [0.2, 0.25) is 0 Å². The summed E-state index contributed by atoms with van der Waals surface area (Å²) in [7, 11) is 0. The lowest BCUT2D eigenvalue weighted by Gasteiger charge is -2.35. The lowest BCUT2D eigenvalue weighted by molar-refractivity contribution is -0.151. The molecule has 0 spiro atoms. The predicted octanol–water partition coefficient (Wildman–Crippen LogP) is 4.30. The van der Waals surface area contributed by atoms with Gasteiger partial charge in [0.15, 0.2) is 0 Å². The van der Waals surface area contributed by atoms with Gasteiger partial charge < -0.3 is 5.11 Å². The van der Waals surface area contributed by atoms with Gasteiger partial charge in [-0.2, -0.15) is 0 Å². The van der Waals surface area contributed by atoms with E-state index in [-0.39, 0.29) is 0 Å². The van der Waals surface area contributed by atoms with Crippen molar-refractivity contribution in [1.29, 1.82) is 0 Å². The van der Waals surface area contributed by atoms with Gasteiger partial charge in [-0.15, -0.1) is 11.8 Å². The summed E-state index contributed by atoms with van der Waals surface area (Å²) in [4.78, 5) is 13.1. The molecule has 1 fully saturated rings. The molecular weight excluding hydrogens is 256 g/mol. The highest BCUT2D eigenvalue weighted by Crippen LogP contribution is 2.49. The largest absolute Gasteiger partial charge is 0.481 e. The number of fused-ring (bicyclic) bond motifs is 1. The molecule has 1 aliphatic carbocycles. The van der Waals surface area contributed by atoms with E-state index in [9.17, 15) is 9.90 Å². The summed E-state index contributed by atoms with van der Waals surface area (Å²) in [5, 5.41) is 9.69. The summed E-state index contributed by atoms with van der Waals surface area (Å²) in [5.74, 6) is 0.908. The lowest BCUT2D eigenvalue weighted by Crippen LogP contribution is -2.35. The van der Waals surface area contributed by atoms with E-state index in [2.05, 4.69) is 24.3 Å². The minimum absolute atomic E-state index is 0.426. The maximum absolute atomic E-state index is 11.8. The number of aliphatic carboxylic acids is 1. The molecule has 0 aromatic heterocycles. The van der Waals surface area contributed by atoms with Crippen LogP contribution in [0.1, 0.15) is 50.0 Å². The number of thioether (sulfide) groups is 1. The molecule has 1 heterocycles. The molecule has 3 heteroatoms. The molecule has 3 rings (SSSR count). The highest BCUT2D eigenvalue weighted by atomic mass is 32.2. The summed E-state index contributed by atoms with van der Waals surface area (Å²) < 4.78 is 0. The molecule has 2 nitrogen and oxygen atoms in total. The summed E-state index contributed by atoms with van der Waals surface area (Å²) in [6.07, 6.45) is 5.91. The van der Waals surface area contributed by atoms with E-state index in [1.54, 1.807) is 0 Å². The Labute approximate surface area is 118 Å². The zero-order valence-corrected chi connectivity index (χ0v) is 11.9. The van der Waals surface area contributed by atoms with Crippen molar-refractivity contribution in [3.8, 4) is 0 Å². The number of rotatable bonds is 3. The van der Waals surface area contributed by atoms with E-state index >= 15 is 0 Å². The molecule has 0 amide bonds. The number of carbonyl (C=O) groups is 1. The van der Waals surface area contributed by atoms with Gasteiger partial charge in [0.05, 0.1) is 5.41 Å². The highest BCUT2D eigenvalue weighted by molar-refractivity contribution is 7.99. The molecule has 1 aromatic rings. The maximum atomic E-state index is 11.8. The van der Waals surface area contributed by atoms with E-state index in [0.29, 0.717) is 5.92 Å². The third-order valence-electron chi connectivity index (χ3n) is 4.70. The summed E-state index contributed by atoms with van der Waals surface area (Å²) in [6.45, 7) is 0. The lowest BCUT2D eigenvalue weighted by atomic mass is 9.68. The van der Waals surface area contributed by atoms with Crippen LogP contribution in [0.2, 0.25) is 0 Å². The average molecular weight is 276 g/mol. The van der Waals surface area contributed by atoms with Crippen molar-refractivity contribution in [2.75, 3.05) is 5.75 Å². The van der Waals surface area contributed by atoms with Gasteiger partial charge in [-0.3, -0.25) is 4.79 Å². The van der Waals surface area contributed by atoms with Gasteiger partial charge in [-0.1, -0.05) is 37.5 Å². The minimum atomic E-state index is -0.568. The van der Waals surface area contributed by atoms with Crippen molar-refractivity contribution >= 4 is 17.7 Å². The van der Waals surface area contributed by atoms with Crippen molar-refractivity contribution in [3.05, 3.63) is 29.8 Å². The maximum Gasteiger partial charge on any atom is 0.309 e. The van der Waals surface area contributed by atoms with E-state index < -0.39 is 11.4 Å². The van der Waals surface area contributed by atoms with Gasteiger partial charge in [-0.25, -0.2) is 0 Å². The Kier molecular flexibility index (Phi) is 3.57. The first-order chi connectivity index (χ1) is 9.21. The second kappa shape index (κ2) is 5.20. The fourth-order valence-electron chi connectivity index (χ4n) is 3.60. The normalized spacial score (nSPS) is 24.9. The zero-order chi connectivity index (χ0) is 13.3. The Hall–Kier alpha value is -0.960. The molecule has 0 bridgehead atoms. The van der Waals surface area contributed by atoms with Crippen LogP contribution in [0.4, 0.5) is 0 Å². The molecular formula is C16H20O2S. The fourth-order valence-corrected chi connectivity index (χ4v) is 4.86. The molecule has 1 unspecified atom stereocenters. The van der Waals surface area contributed by atoms with Gasteiger partial charge in [0, 0.05) is 10.6 Å². The fraction of sp³-hybridized carbons (Fsp3) is 0.562. The Morgan fingerprint density at radius 2 is 2.00 bits per heavy atom. The van der Waals surface area contributed by atoms with Gasteiger partial charge >= 0.3 is 5.97 Å². The molecule has 0 radical (unpaired) electrons. The van der Waals surface area contributed by atoms with Crippen molar-refractivity contribution < 1.29 is 9.90 Å². The molecule has 1 aromatic carbocycles. The predicted molar refractivity (Wildman–Crippen MR) is 77.7 cm³/mol. The van der Waals surface area contributed by atoms with Crippen LogP contribution in [0.5, 0.6) is 0 Å². The Morgan fingerprint density at radius 3 is 2.74 bits per heavy atom. The van der Waals surface area contributed by atoms with Gasteiger partial charge in [-0.05, 0) is 36.8 Å². The van der Waals surface area contributed by atoms with Crippen molar-refractivity contribution in [2.45, 2.75) is 49.3 Å². The van der Waals surface area contributed by atoms with Crippen molar-refractivity contribution in [2.24, 2.45) is 5.41 Å². The number of hydrogen-bond donors (Lipinski definition) is 1. The first-order valence-corrected chi connectivity index (χ1v) is 8.15. The smallest absolute Gasteiger partial charge is 0.309 e. The molecule has 1 aliphatic heterocycles. The average Bonchev–Trinajstić information content (AvgIpc) is 2.83. The van der Waals surface area contributed by atoms with Gasteiger partial charge in [0.25, 0.3) is 0 Å². The molecule has 19 heavy (non-hydrogen) atoms. The van der Waals surface area contributed by atoms with Crippen molar-refractivity contribution in [1.82, 2.24) is 0 Å². The van der Waals surface area contributed by atoms with Crippen LogP contribution in [0.3, 0.4) is 0 Å². The molecule has 1 atom stereocenters. The monoisotopic (exact) mass is 276 g/mol. The van der Waals surface area contributed by atoms with Crippen LogP contribution in [-0.2, 0) is 4.79 Å². The number of benzene rings is 1. The molecule has 2 aliphatic rings. The van der Waals surface area contributed by atoms with E-state index in [4.69, 9.17) is 0 Å². The summed E-state index contributed by atoms with van der Waals surface area (Å²) in [5.41, 5.74) is 0.916. The van der Waals surface area contributed by atoms with Crippen LogP contribution in [-0.4, -0.2) is 16.8 Å². The SMILES string of the molecule is O=C(O)C1(CC2CSc3ccccc32)CCCCC1. The Balaban J connectivity index is 1.82. The van der Waals surface area contributed by atoms with E-state index in [1.807, 2.05) is 11.8 Å². The molecule has 1 saturated carbocycles. The second-order valence-corrected chi connectivity index (χ2v) is 6.96. The third-order valence-corrected chi connectivity index (χ3v) is 5.95. The molecule has 0 saturated heterocycles. The number of carboxylic acid groups (broad SMARTS) is 1. The number of carboxylic acids is 1. The first-order valence-electron chi connectivity index (χ1n) is 7.16. The van der Waals surface area contributed by atoms with Crippen LogP contribution in [0, 0.1) is 5.41 Å². The zero-order valence-electron chi connectivity index (χ0n) is 11.1. The first kappa shape index (κ1) is 13.0. The quantitative estimate of drug-likeness (QED) is 0.894. The van der Waals surface area contributed by atoms with Crippen molar-refractivity contribution in [3.63, 3.8) is 0 Å². The molecule has 1 N–H and O–H groups in total. The Morgan fingerprint density at radius 1 is 1.26 bits per heavy atom. The summed E-state index contributed by atoms with van der Waals surface area (Å²) >= 11 is 1.88. The van der Waals surface area contributed by atoms with Crippen LogP contribution in [0.25, 0.3) is 0 Å². The summed E-state index contributed by atoms with van der Waals surface area (Å²) in [6, 6.07) is 8.49. The second-order valence-electron chi connectivity index (χ2n) is 5.90. The van der Waals surface area contributed by atoms with Crippen LogP contribution in [0.15, 0.2) is 29.2 Å². The topological polar surface area (TPSA) is 37.3 Å². The molecule has 102 valence electrons. The Bertz CT molecular complexity index is 477. The van der Waals surface area contributed by atoms with Crippen LogP contribution < -0.4 is 0 Å². The van der Waals surface area contributed by atoms with E-state index in [1.165, 1.54) is 16.9 Å². The van der Waals surface area contributed by atoms with Gasteiger partial charge in [0.1, 0.15) is 0 Å². The standard InChI is InChI=1S/C16H20O2S/c17-15(18)16(8-4-1-5-9-16)10-12-11-19-14-7-3-2-6-13(12)14/h2-3,6-7,12H,1,4-5,8-11H2,(H,17,18). The number of hydrogen-bond acceptors (Lipinski definition) is 2.